The standard InChI is InChI=1S/C104H174O8/c1-9-16-22-28-34-40-46-52-58-64-77-105-99-84-94(85-100(106-78-65-59-53-47-41-35-29-23-17-10-2)103(99)109-81-68-62-56-50-44-38-32-26-20-13-5)89-111-97-88-96(76-75-93-73-71-92(70-15-7)72-74-93)98(83-91(97)8)112-90-95-86-101(107-79-66-60-54-48-42-36-30-24-18-11-3)104(110-82-69-63-57-51-45-39-33-27-21-14-6)102(87-95)108-80-67-61-55-49-43-37-31-25-19-12-4/h15,70-76,83-88H,9-14,16-69,77-82,89-90H2,1-8H3. The van der Waals surface area contributed by atoms with Gasteiger partial charge in [0.1, 0.15) is 24.7 Å². The number of allylic oxidation sites excluding steroid dienone is 1. The summed E-state index contributed by atoms with van der Waals surface area (Å²) in [5.41, 5.74) is 6.19. The van der Waals surface area contributed by atoms with Gasteiger partial charge in [-0.25, -0.2) is 0 Å². The molecule has 4 aromatic carbocycles. The number of hydrogen-bond acceptors (Lipinski definition) is 8. The molecule has 638 valence electrons. The second-order valence-corrected chi connectivity index (χ2v) is 33.3. The Bertz CT molecular complexity index is 2740. The van der Waals surface area contributed by atoms with Gasteiger partial charge in [0.25, 0.3) is 0 Å². The molecule has 0 heterocycles. The summed E-state index contributed by atoms with van der Waals surface area (Å²) in [7, 11) is 0. The minimum Gasteiger partial charge on any atom is -0.490 e. The van der Waals surface area contributed by atoms with Crippen LogP contribution in [0.3, 0.4) is 0 Å². The third-order valence-corrected chi connectivity index (χ3v) is 22.5. The summed E-state index contributed by atoms with van der Waals surface area (Å²) in [6.45, 7) is 22.5. The Balaban J connectivity index is 1.70. The van der Waals surface area contributed by atoms with Crippen LogP contribution in [0.2, 0.25) is 0 Å². The van der Waals surface area contributed by atoms with Crippen LogP contribution >= 0.6 is 0 Å². The average Bonchev–Trinajstić information content (AvgIpc) is 0.823. The molecule has 0 saturated carbocycles. The fourth-order valence-corrected chi connectivity index (χ4v) is 15.3. The third-order valence-electron chi connectivity index (χ3n) is 22.5. The van der Waals surface area contributed by atoms with E-state index in [1.165, 1.54) is 327 Å². The Labute approximate surface area is 691 Å². The van der Waals surface area contributed by atoms with E-state index in [4.69, 9.17) is 37.9 Å². The molecule has 0 unspecified atom stereocenters. The average molecular weight is 1550 g/mol. The molecule has 0 spiro atoms. The van der Waals surface area contributed by atoms with Crippen molar-refractivity contribution in [3.8, 4) is 46.0 Å². The van der Waals surface area contributed by atoms with E-state index in [0.717, 1.165) is 138 Å². The smallest absolute Gasteiger partial charge is 0.203 e. The Morgan fingerprint density at radius 1 is 0.214 bits per heavy atom. The van der Waals surface area contributed by atoms with Gasteiger partial charge in [0.2, 0.25) is 11.5 Å². The van der Waals surface area contributed by atoms with E-state index in [-0.39, 0.29) is 0 Å². The van der Waals surface area contributed by atoms with E-state index >= 15 is 0 Å². The summed E-state index contributed by atoms with van der Waals surface area (Å²) in [5.74, 6) is 6.12. The fraction of sp³-hybridized carbons (Fsp3) is 0.731. The van der Waals surface area contributed by atoms with Crippen molar-refractivity contribution in [2.45, 2.75) is 454 Å². The van der Waals surface area contributed by atoms with Crippen molar-refractivity contribution in [1.82, 2.24) is 0 Å². The van der Waals surface area contributed by atoms with Gasteiger partial charge >= 0.3 is 0 Å². The molecule has 0 amide bonds. The summed E-state index contributed by atoms with van der Waals surface area (Å²) in [4.78, 5) is 0. The number of aryl methyl sites for hydroxylation is 1. The third kappa shape index (κ3) is 51.0. The molecular formula is C104H174O8. The van der Waals surface area contributed by atoms with Crippen LogP contribution in [-0.4, -0.2) is 39.6 Å². The highest BCUT2D eigenvalue weighted by molar-refractivity contribution is 5.74. The van der Waals surface area contributed by atoms with Crippen molar-refractivity contribution in [1.29, 1.82) is 0 Å². The zero-order valence-electron chi connectivity index (χ0n) is 74.4. The molecule has 8 nitrogen and oxygen atoms in total. The van der Waals surface area contributed by atoms with Crippen molar-refractivity contribution in [3.63, 3.8) is 0 Å². The normalized spacial score (nSPS) is 11.6. The van der Waals surface area contributed by atoms with Crippen molar-refractivity contribution >= 4 is 18.2 Å². The summed E-state index contributed by atoms with van der Waals surface area (Å²) < 4.78 is 55.4. The summed E-state index contributed by atoms with van der Waals surface area (Å²) in [6, 6.07) is 21.7. The van der Waals surface area contributed by atoms with Crippen LogP contribution in [0.5, 0.6) is 46.0 Å². The Morgan fingerprint density at radius 2 is 0.438 bits per heavy atom. The Kier molecular flexibility index (Phi) is 63.9. The number of benzene rings is 4. The second kappa shape index (κ2) is 72.2. The van der Waals surface area contributed by atoms with Gasteiger partial charge < -0.3 is 37.9 Å². The van der Waals surface area contributed by atoms with Gasteiger partial charge in [-0.1, -0.05) is 437 Å². The molecule has 112 heavy (non-hydrogen) atoms. The summed E-state index contributed by atoms with van der Waals surface area (Å²) in [6.07, 6.45) is 85.4. The predicted octanol–water partition coefficient (Wildman–Crippen LogP) is 34.2. The SMILES string of the molecule is CC=Cc1ccc(C=Cc2cc(OCc3cc(OCCCCCCCCCCCC)c(OCCCCCCCCCCCC)c(OCCCCCCCCCCCC)c3)c(C)cc2OCc2cc(OCCCCCCCCCCCC)c(OCCCCCCCCCCCC)c(OCCCCCCCCCCCC)c2)cc1. The largest absolute Gasteiger partial charge is 0.490 e. The molecule has 0 N–H and O–H groups in total. The lowest BCUT2D eigenvalue weighted by atomic mass is 10.1. The van der Waals surface area contributed by atoms with Crippen LogP contribution < -0.4 is 37.9 Å². The van der Waals surface area contributed by atoms with Crippen molar-refractivity contribution in [3.05, 3.63) is 100 Å². The fourth-order valence-electron chi connectivity index (χ4n) is 15.3. The van der Waals surface area contributed by atoms with E-state index in [9.17, 15) is 0 Å². The Morgan fingerprint density at radius 3 is 0.688 bits per heavy atom. The molecule has 0 bridgehead atoms. The lowest BCUT2D eigenvalue weighted by molar-refractivity contribution is 0.232. The maximum atomic E-state index is 7.10. The van der Waals surface area contributed by atoms with Crippen LogP contribution in [0.15, 0.2) is 66.7 Å². The number of ether oxygens (including phenoxy) is 8. The first-order valence-electron chi connectivity index (χ1n) is 48.3. The van der Waals surface area contributed by atoms with Crippen molar-refractivity contribution in [2.24, 2.45) is 0 Å². The number of hydrogen-bond donors (Lipinski definition) is 0. The first-order valence-corrected chi connectivity index (χ1v) is 48.3. The molecule has 4 rings (SSSR count). The molecule has 0 radical (unpaired) electrons. The lowest BCUT2D eigenvalue weighted by Gasteiger charge is -2.20. The quantitative estimate of drug-likeness (QED) is 0.0320. The van der Waals surface area contributed by atoms with Gasteiger partial charge in [0.05, 0.1) is 39.6 Å². The van der Waals surface area contributed by atoms with Gasteiger partial charge in [0.15, 0.2) is 23.0 Å². The Hall–Kier alpha value is -5.24. The second-order valence-electron chi connectivity index (χ2n) is 33.3. The maximum Gasteiger partial charge on any atom is 0.203 e. The van der Waals surface area contributed by atoms with Gasteiger partial charge in [-0.15, -0.1) is 0 Å². The van der Waals surface area contributed by atoms with E-state index in [1.807, 2.05) is 0 Å². The summed E-state index contributed by atoms with van der Waals surface area (Å²) >= 11 is 0. The van der Waals surface area contributed by atoms with Crippen LogP contribution in [0.1, 0.15) is 467 Å². The highest BCUT2D eigenvalue weighted by Crippen LogP contribution is 2.43. The van der Waals surface area contributed by atoms with Crippen LogP contribution in [0.4, 0.5) is 0 Å². The first kappa shape index (κ1) is 99.1. The molecule has 8 heteroatoms. The molecule has 0 atom stereocenters. The number of unbranched alkanes of at least 4 members (excludes halogenated alkanes) is 54. The minimum atomic E-state index is 0.317. The molecular weight excluding hydrogens is 1380 g/mol. The molecule has 0 aliphatic rings. The molecule has 0 fully saturated rings. The molecule has 0 aliphatic heterocycles. The van der Waals surface area contributed by atoms with Crippen molar-refractivity contribution in [2.75, 3.05) is 39.6 Å². The van der Waals surface area contributed by atoms with E-state index in [1.54, 1.807) is 0 Å². The maximum absolute atomic E-state index is 7.10. The van der Waals surface area contributed by atoms with E-state index in [0.29, 0.717) is 52.9 Å². The predicted molar refractivity (Wildman–Crippen MR) is 487 cm³/mol. The van der Waals surface area contributed by atoms with Crippen molar-refractivity contribution < 1.29 is 37.9 Å². The minimum absolute atomic E-state index is 0.317. The molecule has 0 aliphatic carbocycles. The molecule has 0 aromatic heterocycles. The zero-order valence-corrected chi connectivity index (χ0v) is 74.4. The van der Waals surface area contributed by atoms with Crippen LogP contribution in [0, 0.1) is 6.92 Å². The highest BCUT2D eigenvalue weighted by atomic mass is 16.6. The van der Waals surface area contributed by atoms with Gasteiger partial charge in [-0.05, 0) is 117 Å². The van der Waals surface area contributed by atoms with Gasteiger partial charge in [-0.2, -0.15) is 0 Å². The number of rotatable bonds is 81. The molecule has 4 aromatic rings. The highest BCUT2D eigenvalue weighted by Gasteiger charge is 2.21. The lowest BCUT2D eigenvalue weighted by Crippen LogP contribution is -2.08. The van der Waals surface area contributed by atoms with Gasteiger partial charge in [-0.3, -0.25) is 0 Å². The monoisotopic (exact) mass is 1550 g/mol. The van der Waals surface area contributed by atoms with Crippen LogP contribution in [0.25, 0.3) is 18.2 Å². The van der Waals surface area contributed by atoms with E-state index in [2.05, 4.69) is 140 Å². The van der Waals surface area contributed by atoms with E-state index < -0.39 is 0 Å². The zero-order chi connectivity index (χ0) is 79.7. The summed E-state index contributed by atoms with van der Waals surface area (Å²) in [5, 5.41) is 0. The van der Waals surface area contributed by atoms with Crippen LogP contribution in [-0.2, 0) is 13.2 Å². The topological polar surface area (TPSA) is 73.8 Å². The first-order chi connectivity index (χ1) is 55.4. The van der Waals surface area contributed by atoms with Gasteiger partial charge in [0, 0.05) is 5.56 Å². The molecule has 0 saturated heterocycles.